The predicted molar refractivity (Wildman–Crippen MR) is 120 cm³/mol. The molecule has 3 aromatic rings. The van der Waals surface area contributed by atoms with Gasteiger partial charge in [-0.05, 0) is 51.3 Å². The van der Waals surface area contributed by atoms with Crippen molar-refractivity contribution in [1.29, 1.82) is 5.26 Å². The maximum absolute atomic E-state index is 13.9. The lowest BCUT2D eigenvalue weighted by molar-refractivity contribution is -0.384. The van der Waals surface area contributed by atoms with E-state index in [9.17, 15) is 24.6 Å². The summed E-state index contributed by atoms with van der Waals surface area (Å²) >= 11 is 3.40. The molecule has 3 aromatic carbocycles. The average molecular weight is 496 g/mol. The number of nitrogens with zero attached hydrogens (tertiary/aromatic N) is 2. The molecule has 9 heteroatoms. The molecule has 0 spiro atoms. The van der Waals surface area contributed by atoms with Gasteiger partial charge >= 0.3 is 0 Å². The zero-order valence-corrected chi connectivity index (χ0v) is 18.0. The number of amides is 1. The number of nitrogens with one attached hydrogen (secondary N) is 1. The monoisotopic (exact) mass is 495 g/mol. The summed E-state index contributed by atoms with van der Waals surface area (Å²) in [5, 5.41) is 22.4. The number of hydrogen-bond acceptors (Lipinski definition) is 5. The van der Waals surface area contributed by atoms with Crippen molar-refractivity contribution in [2.75, 3.05) is 5.32 Å². The summed E-state index contributed by atoms with van der Waals surface area (Å²) in [5.74, 6) is -1.18. The first-order valence-electron chi connectivity index (χ1n) is 9.20. The summed E-state index contributed by atoms with van der Waals surface area (Å²) in [5.41, 5.74) is 0.437. The van der Waals surface area contributed by atoms with Crippen LogP contribution in [-0.4, -0.2) is 10.8 Å². The van der Waals surface area contributed by atoms with Gasteiger partial charge in [0.05, 0.1) is 15.1 Å². The molecule has 0 unspecified atom stereocenters. The predicted octanol–water partition coefficient (Wildman–Crippen LogP) is 5.62. The number of nitriles is 1. The van der Waals surface area contributed by atoms with Gasteiger partial charge in [0.1, 0.15) is 29.8 Å². The molecule has 1 amide bonds. The van der Waals surface area contributed by atoms with Gasteiger partial charge in [-0.2, -0.15) is 5.26 Å². The van der Waals surface area contributed by atoms with E-state index in [0.717, 1.165) is 23.8 Å². The van der Waals surface area contributed by atoms with E-state index >= 15 is 0 Å². The molecule has 7 nitrogen and oxygen atoms in total. The molecule has 1 N–H and O–H groups in total. The Morgan fingerprint density at radius 3 is 2.59 bits per heavy atom. The highest BCUT2D eigenvalue weighted by atomic mass is 79.9. The van der Waals surface area contributed by atoms with Crippen LogP contribution in [0, 0.1) is 27.3 Å². The van der Waals surface area contributed by atoms with E-state index in [0.29, 0.717) is 22.4 Å². The van der Waals surface area contributed by atoms with Crippen molar-refractivity contribution in [2.45, 2.75) is 6.61 Å². The number of hydrogen-bond donors (Lipinski definition) is 1. The number of halogens is 2. The van der Waals surface area contributed by atoms with Crippen LogP contribution >= 0.6 is 15.9 Å². The maximum atomic E-state index is 13.9. The molecule has 0 saturated carbocycles. The van der Waals surface area contributed by atoms with Crippen LogP contribution < -0.4 is 10.1 Å². The van der Waals surface area contributed by atoms with Crippen molar-refractivity contribution in [3.63, 3.8) is 0 Å². The number of non-ortho nitro benzene ring substituents is 1. The molecule has 32 heavy (non-hydrogen) atoms. The third-order valence-electron chi connectivity index (χ3n) is 4.28. The SMILES string of the molecule is N#C/C(=C\c1ccc(OCc2ccccc2)c(Br)c1)C(=O)Nc1cc([N+](=O)[O-])ccc1F. The zero-order valence-electron chi connectivity index (χ0n) is 16.4. The lowest BCUT2D eigenvalue weighted by atomic mass is 10.1. The topological polar surface area (TPSA) is 105 Å². The minimum Gasteiger partial charge on any atom is -0.488 e. The fourth-order valence-corrected chi connectivity index (χ4v) is 3.20. The molecule has 0 aromatic heterocycles. The molecule has 0 atom stereocenters. The zero-order chi connectivity index (χ0) is 23.1. The summed E-state index contributed by atoms with van der Waals surface area (Å²) in [6.45, 7) is 0.370. The number of nitro benzene ring substituents is 1. The summed E-state index contributed by atoms with van der Waals surface area (Å²) in [6.07, 6.45) is 1.32. The van der Waals surface area contributed by atoms with E-state index in [1.165, 1.54) is 6.08 Å². The second-order valence-electron chi connectivity index (χ2n) is 6.51. The van der Waals surface area contributed by atoms with Crippen molar-refractivity contribution >= 4 is 39.3 Å². The Bertz CT molecular complexity index is 1240. The number of carbonyl (C=O) groups is 1. The second kappa shape index (κ2) is 10.3. The lowest BCUT2D eigenvalue weighted by Crippen LogP contribution is -2.14. The molecular formula is C23H15BrFN3O4. The van der Waals surface area contributed by atoms with Crippen LogP contribution in [0.4, 0.5) is 15.8 Å². The van der Waals surface area contributed by atoms with Gasteiger partial charge in [0, 0.05) is 12.1 Å². The Labute approximate surface area is 191 Å². The van der Waals surface area contributed by atoms with Crippen molar-refractivity contribution in [1.82, 2.24) is 0 Å². The average Bonchev–Trinajstić information content (AvgIpc) is 2.78. The van der Waals surface area contributed by atoms with E-state index in [2.05, 4.69) is 21.2 Å². The van der Waals surface area contributed by atoms with E-state index < -0.39 is 22.3 Å². The Kier molecular flexibility index (Phi) is 7.31. The molecule has 0 bridgehead atoms. The normalized spacial score (nSPS) is 10.8. The third-order valence-corrected chi connectivity index (χ3v) is 4.90. The smallest absolute Gasteiger partial charge is 0.271 e. The van der Waals surface area contributed by atoms with Crippen molar-refractivity contribution in [3.8, 4) is 11.8 Å². The molecule has 0 aliphatic heterocycles. The Hall–Kier alpha value is -4.03. The van der Waals surface area contributed by atoms with Gasteiger partial charge < -0.3 is 10.1 Å². The van der Waals surface area contributed by atoms with Crippen molar-refractivity contribution in [2.24, 2.45) is 0 Å². The van der Waals surface area contributed by atoms with Crippen LogP contribution in [0.5, 0.6) is 5.75 Å². The minimum absolute atomic E-state index is 0.305. The van der Waals surface area contributed by atoms with Crippen LogP contribution in [0.15, 0.2) is 76.8 Å². The summed E-state index contributed by atoms with van der Waals surface area (Å²) in [7, 11) is 0. The van der Waals surface area contributed by atoms with Crippen LogP contribution in [0.3, 0.4) is 0 Å². The molecule has 0 aliphatic carbocycles. The van der Waals surface area contributed by atoms with Gasteiger partial charge in [-0.25, -0.2) is 4.39 Å². The Morgan fingerprint density at radius 1 is 1.19 bits per heavy atom. The number of carbonyl (C=O) groups excluding carboxylic acids is 1. The molecule has 0 aliphatic rings. The van der Waals surface area contributed by atoms with Crippen LogP contribution in [0.1, 0.15) is 11.1 Å². The quantitative estimate of drug-likeness (QED) is 0.198. The molecule has 160 valence electrons. The van der Waals surface area contributed by atoms with Gasteiger partial charge in [-0.3, -0.25) is 14.9 Å². The first kappa shape index (κ1) is 22.7. The van der Waals surface area contributed by atoms with Crippen LogP contribution in [-0.2, 0) is 11.4 Å². The minimum atomic E-state index is -0.896. The number of benzene rings is 3. The van der Waals surface area contributed by atoms with E-state index in [1.807, 2.05) is 30.3 Å². The van der Waals surface area contributed by atoms with Crippen molar-refractivity contribution in [3.05, 3.63) is 104 Å². The summed E-state index contributed by atoms with van der Waals surface area (Å²) < 4.78 is 20.3. The Balaban J connectivity index is 1.75. The first-order valence-corrected chi connectivity index (χ1v) is 10.00. The lowest BCUT2D eigenvalue weighted by Gasteiger charge is -2.09. The molecule has 3 rings (SSSR count). The van der Waals surface area contributed by atoms with E-state index in [-0.39, 0.29) is 11.3 Å². The number of ether oxygens (including phenoxy) is 1. The van der Waals surface area contributed by atoms with Crippen LogP contribution in [0.25, 0.3) is 6.08 Å². The molecule has 0 heterocycles. The fraction of sp³-hybridized carbons (Fsp3) is 0.0435. The highest BCUT2D eigenvalue weighted by Gasteiger charge is 2.16. The van der Waals surface area contributed by atoms with Crippen LogP contribution in [0.2, 0.25) is 0 Å². The standard InChI is InChI=1S/C23H15BrFN3O4/c24-19-11-16(6-9-22(19)32-14-15-4-2-1-3-5-15)10-17(13-26)23(29)27-21-12-18(28(30)31)7-8-20(21)25/h1-12H,14H2,(H,27,29)/b17-10+. The largest absolute Gasteiger partial charge is 0.488 e. The maximum Gasteiger partial charge on any atom is 0.271 e. The van der Waals surface area contributed by atoms with Gasteiger partial charge in [-0.15, -0.1) is 0 Å². The molecule has 0 fully saturated rings. The van der Waals surface area contributed by atoms with E-state index in [4.69, 9.17) is 4.74 Å². The number of rotatable bonds is 7. The number of anilines is 1. The second-order valence-corrected chi connectivity index (χ2v) is 7.36. The molecular weight excluding hydrogens is 481 g/mol. The third kappa shape index (κ3) is 5.77. The Morgan fingerprint density at radius 2 is 1.94 bits per heavy atom. The van der Waals surface area contributed by atoms with Gasteiger partial charge in [0.25, 0.3) is 11.6 Å². The fourth-order valence-electron chi connectivity index (χ4n) is 2.69. The molecule has 0 radical (unpaired) electrons. The highest BCUT2D eigenvalue weighted by Crippen LogP contribution is 2.28. The summed E-state index contributed by atoms with van der Waals surface area (Å²) in [4.78, 5) is 22.6. The van der Waals surface area contributed by atoms with E-state index in [1.54, 1.807) is 24.3 Å². The summed E-state index contributed by atoms with van der Waals surface area (Å²) in [6, 6.07) is 19.1. The molecule has 0 saturated heterocycles. The highest BCUT2D eigenvalue weighted by molar-refractivity contribution is 9.10. The van der Waals surface area contributed by atoms with Gasteiger partial charge in [0.15, 0.2) is 0 Å². The number of nitro groups is 1. The first-order chi connectivity index (χ1) is 15.4. The van der Waals surface area contributed by atoms with Crippen molar-refractivity contribution < 1.29 is 18.8 Å². The van der Waals surface area contributed by atoms with Gasteiger partial charge in [-0.1, -0.05) is 36.4 Å². The van der Waals surface area contributed by atoms with Gasteiger partial charge in [0.2, 0.25) is 0 Å².